The molecule has 0 saturated heterocycles. The minimum atomic E-state index is -0.417. The Bertz CT molecular complexity index is 150. The van der Waals surface area contributed by atoms with Gasteiger partial charge in [0.2, 0.25) is 0 Å². The maximum Gasteiger partial charge on any atom is 4.00 e. The summed E-state index contributed by atoms with van der Waals surface area (Å²) >= 11 is 0. The van der Waals surface area contributed by atoms with E-state index in [1.165, 1.54) is 0 Å². The molecule has 158 valence electrons. The van der Waals surface area contributed by atoms with Gasteiger partial charge in [0.25, 0.3) is 0 Å². The van der Waals surface area contributed by atoms with E-state index in [0.717, 1.165) is 19.6 Å². The van der Waals surface area contributed by atoms with Crippen LogP contribution in [0, 0.1) is 0 Å². The van der Waals surface area contributed by atoms with E-state index >= 15 is 0 Å². The molecule has 26 heavy (non-hydrogen) atoms. The largest absolute Gasteiger partial charge is 4.00 e. The molecular weight excluding hydrogens is 376 g/mol. The van der Waals surface area contributed by atoms with Gasteiger partial charge >= 0.3 is 21.7 Å². The van der Waals surface area contributed by atoms with Gasteiger partial charge < -0.3 is 53.6 Å². The van der Waals surface area contributed by atoms with Crippen LogP contribution in [0.5, 0.6) is 0 Å². The summed E-state index contributed by atoms with van der Waals surface area (Å²) in [5.74, 6) is 0. The molecule has 0 spiro atoms. The summed E-state index contributed by atoms with van der Waals surface area (Å²) < 4.78 is 0. The van der Waals surface area contributed by atoms with E-state index in [9.17, 15) is 20.4 Å². The molecule has 0 saturated carbocycles. The molecule has 11 heteroatoms. The average molecular weight is 416 g/mol. The first-order valence-corrected chi connectivity index (χ1v) is 8.60. The van der Waals surface area contributed by atoms with Gasteiger partial charge in [-0.2, -0.15) is 0 Å². The van der Waals surface area contributed by atoms with Gasteiger partial charge in [0.1, 0.15) is 0 Å². The zero-order valence-electron chi connectivity index (χ0n) is 16.4. The Labute approximate surface area is 174 Å². The average Bonchev–Trinajstić information content (AvgIpc) is 2.57. The first kappa shape index (κ1) is 37.1. The van der Waals surface area contributed by atoms with E-state index in [-0.39, 0.29) is 41.5 Å². The molecule has 0 unspecified atom stereocenters. The molecule has 0 amide bonds. The summed E-state index contributed by atoms with van der Waals surface area (Å²) in [6, 6.07) is 0. The van der Waals surface area contributed by atoms with E-state index in [1.54, 1.807) is 13.8 Å². The maximum absolute atomic E-state index is 9.70. The summed E-state index contributed by atoms with van der Waals surface area (Å²) in [7, 11) is 0. The van der Waals surface area contributed by atoms with Gasteiger partial charge in [0.05, 0.1) is 0 Å². The maximum atomic E-state index is 9.70. The molecule has 0 aliphatic rings. The zero-order chi connectivity index (χ0) is 20.2. The van der Waals surface area contributed by atoms with Crippen molar-refractivity contribution in [1.82, 2.24) is 16.0 Å². The van der Waals surface area contributed by atoms with Gasteiger partial charge in [0, 0.05) is 39.3 Å². The van der Waals surface area contributed by atoms with E-state index in [4.69, 9.17) is 17.2 Å². The molecule has 0 atom stereocenters. The van der Waals surface area contributed by atoms with Crippen LogP contribution in [-0.4, -0.2) is 84.8 Å². The molecule has 0 aromatic carbocycles. The summed E-state index contributed by atoms with van der Waals surface area (Å²) in [5.41, 5.74) is 15.3. The second-order valence-corrected chi connectivity index (χ2v) is 4.78. The van der Waals surface area contributed by atoms with Gasteiger partial charge in [0.15, 0.2) is 0 Å². The molecule has 10 nitrogen and oxygen atoms in total. The Kier molecular flexibility index (Phi) is 63.7. The quantitative estimate of drug-likeness (QED) is 0.131. The second kappa shape index (κ2) is 44.6. The number of nitrogens with one attached hydrogen (secondary N) is 3. The Morgan fingerprint density at radius 2 is 0.808 bits per heavy atom. The van der Waals surface area contributed by atoms with Gasteiger partial charge in [-0.25, -0.2) is 0 Å². The summed E-state index contributed by atoms with van der Waals surface area (Å²) in [6.45, 7) is 8.76. The smallest absolute Gasteiger partial charge is 0.854 e. The summed E-state index contributed by atoms with van der Waals surface area (Å²) in [6.07, 6.45) is -0.417. The second-order valence-electron chi connectivity index (χ2n) is 4.78. The molecule has 0 fully saturated rings. The minimum absolute atomic E-state index is 0. The Morgan fingerprint density at radius 1 is 0.615 bits per heavy atom. The van der Waals surface area contributed by atoms with Crippen molar-refractivity contribution in [3.63, 3.8) is 0 Å². The SMILES string of the molecule is CC(C)[O-].NCCNCC[O-].NCCNCC[O-].NCCNCC[O-].[Ti+4]. The van der Waals surface area contributed by atoms with Gasteiger partial charge in [-0.3, -0.25) is 0 Å². The molecular formula is C15H40N6O4Ti. The van der Waals surface area contributed by atoms with Crippen LogP contribution in [-0.2, 0) is 21.7 Å². The van der Waals surface area contributed by atoms with E-state index in [0.29, 0.717) is 39.3 Å². The first-order valence-electron chi connectivity index (χ1n) is 8.60. The molecule has 0 aromatic rings. The fraction of sp³-hybridized carbons (Fsp3) is 1.00. The zero-order valence-corrected chi connectivity index (χ0v) is 18.0. The van der Waals surface area contributed by atoms with Crippen molar-refractivity contribution < 1.29 is 42.1 Å². The van der Waals surface area contributed by atoms with E-state index in [1.807, 2.05) is 0 Å². The van der Waals surface area contributed by atoms with Crippen LogP contribution in [0.25, 0.3) is 0 Å². The van der Waals surface area contributed by atoms with Crippen LogP contribution in [0.3, 0.4) is 0 Å². The monoisotopic (exact) mass is 416 g/mol. The molecule has 0 aromatic heterocycles. The van der Waals surface area contributed by atoms with Crippen LogP contribution >= 0.6 is 0 Å². The number of hydrogen-bond donors (Lipinski definition) is 6. The van der Waals surface area contributed by atoms with Crippen molar-refractivity contribution in [1.29, 1.82) is 0 Å². The molecule has 0 aliphatic heterocycles. The van der Waals surface area contributed by atoms with Gasteiger partial charge in [-0.15, -0.1) is 25.9 Å². The van der Waals surface area contributed by atoms with Crippen LogP contribution in [0.1, 0.15) is 13.8 Å². The standard InChI is InChI=1S/3C4H11N2O.C3H7O.Ti/c3*5-1-2-6-3-4-7;1-3(2)4;/h3*6H,1-5H2;3H,1-2H3;/q4*-1;+4. The first-order chi connectivity index (χ1) is 12.0. The van der Waals surface area contributed by atoms with Crippen molar-refractivity contribution in [3.05, 3.63) is 0 Å². The molecule has 9 N–H and O–H groups in total. The van der Waals surface area contributed by atoms with Crippen LogP contribution < -0.4 is 53.6 Å². The van der Waals surface area contributed by atoms with Crippen molar-refractivity contribution in [2.45, 2.75) is 20.0 Å². The summed E-state index contributed by atoms with van der Waals surface area (Å²) in [4.78, 5) is 0. The number of hydrogen-bond acceptors (Lipinski definition) is 10. The third-order valence-electron chi connectivity index (χ3n) is 1.80. The molecule has 0 aliphatic carbocycles. The molecule has 0 heterocycles. The van der Waals surface area contributed by atoms with E-state index < -0.39 is 6.10 Å². The molecule has 0 bridgehead atoms. The van der Waals surface area contributed by atoms with Crippen LogP contribution in [0.15, 0.2) is 0 Å². The fourth-order valence-corrected chi connectivity index (χ4v) is 0.898. The number of rotatable bonds is 12. The predicted octanol–water partition coefficient (Wildman–Crippen LogP) is -6.56. The third kappa shape index (κ3) is 87.2. The molecule has 0 rings (SSSR count). The van der Waals surface area contributed by atoms with E-state index in [2.05, 4.69) is 16.0 Å². The fourth-order valence-electron chi connectivity index (χ4n) is 0.898. The van der Waals surface area contributed by atoms with Gasteiger partial charge in [-0.05, 0) is 19.6 Å². The summed E-state index contributed by atoms with van der Waals surface area (Å²) in [5, 5.41) is 47.2. The van der Waals surface area contributed by atoms with Crippen LogP contribution in [0.2, 0.25) is 0 Å². The van der Waals surface area contributed by atoms with Gasteiger partial charge in [-0.1, -0.05) is 13.8 Å². The van der Waals surface area contributed by atoms with Crippen LogP contribution in [0.4, 0.5) is 0 Å². The Hall–Kier alpha value is 0.314. The predicted molar refractivity (Wildman–Crippen MR) is 95.5 cm³/mol. The topological polar surface area (TPSA) is 206 Å². The third-order valence-corrected chi connectivity index (χ3v) is 1.80. The number of nitrogens with two attached hydrogens (primary N) is 3. The Balaban J connectivity index is -0.0000000759. The van der Waals surface area contributed by atoms with Crippen molar-refractivity contribution in [3.8, 4) is 0 Å². The van der Waals surface area contributed by atoms with Crippen molar-refractivity contribution in [2.24, 2.45) is 17.2 Å². The minimum Gasteiger partial charge on any atom is -0.854 e. The normalized spacial score (nSPS) is 9.00. The van der Waals surface area contributed by atoms with Crippen molar-refractivity contribution >= 4 is 0 Å². The van der Waals surface area contributed by atoms with Crippen molar-refractivity contribution in [2.75, 3.05) is 78.7 Å². The molecule has 0 radical (unpaired) electrons. The Morgan fingerprint density at radius 3 is 0.923 bits per heavy atom.